The smallest absolute Gasteiger partial charge is 0.332 e. The van der Waals surface area contributed by atoms with Crippen molar-refractivity contribution in [1.82, 2.24) is 5.32 Å². The highest BCUT2D eigenvalue weighted by Crippen LogP contribution is 2.09. The van der Waals surface area contributed by atoms with E-state index in [1.54, 1.807) is 0 Å². The first-order valence-corrected chi connectivity index (χ1v) is 5.21. The number of rotatable bonds is 5. The molecular weight excluding hydrogens is 182 g/mol. The molecule has 4 heteroatoms. The van der Waals surface area contributed by atoms with Crippen molar-refractivity contribution in [1.29, 1.82) is 0 Å². The Morgan fingerprint density at radius 3 is 3.00 bits per heavy atom. The molecule has 1 N–H and O–H groups in total. The quantitative estimate of drug-likeness (QED) is 0.665. The Morgan fingerprint density at radius 2 is 2.36 bits per heavy atom. The summed E-state index contributed by atoms with van der Waals surface area (Å²) in [5, 5.41) is 3.40. The first-order chi connectivity index (χ1) is 6.83. The number of nitrogens with one attached hydrogen (secondary N) is 1. The fourth-order valence-electron chi connectivity index (χ4n) is 1.64. The molecule has 0 spiro atoms. The van der Waals surface area contributed by atoms with E-state index in [9.17, 15) is 4.79 Å². The summed E-state index contributed by atoms with van der Waals surface area (Å²) in [5.41, 5.74) is 0. The van der Waals surface area contributed by atoms with E-state index in [4.69, 9.17) is 4.74 Å². The van der Waals surface area contributed by atoms with Gasteiger partial charge >= 0.3 is 5.97 Å². The Labute approximate surface area is 85.0 Å². The third-order valence-corrected chi connectivity index (χ3v) is 2.40. The fourth-order valence-corrected chi connectivity index (χ4v) is 1.64. The largest absolute Gasteiger partial charge is 0.464 e. The summed E-state index contributed by atoms with van der Waals surface area (Å²) in [6.45, 7) is 1.65. The first-order valence-electron chi connectivity index (χ1n) is 5.21. The lowest BCUT2D eigenvalue weighted by Crippen LogP contribution is -2.35. The van der Waals surface area contributed by atoms with Crippen LogP contribution in [0.2, 0.25) is 0 Å². The molecule has 1 unspecified atom stereocenters. The van der Waals surface area contributed by atoms with Crippen molar-refractivity contribution in [2.75, 3.05) is 26.9 Å². The molecule has 1 atom stereocenters. The van der Waals surface area contributed by atoms with Crippen molar-refractivity contribution in [2.45, 2.75) is 31.7 Å². The van der Waals surface area contributed by atoms with E-state index in [1.165, 1.54) is 26.4 Å². The van der Waals surface area contributed by atoms with Crippen LogP contribution in [0, 0.1) is 0 Å². The molecule has 1 aliphatic heterocycles. The number of carbonyl (C=O) groups excluding carboxylic acids is 1. The van der Waals surface area contributed by atoms with Gasteiger partial charge in [0, 0.05) is 13.2 Å². The second-order valence-electron chi connectivity index (χ2n) is 3.59. The van der Waals surface area contributed by atoms with Crippen molar-refractivity contribution < 1.29 is 14.3 Å². The number of piperidine rings is 1. The maximum Gasteiger partial charge on any atom is 0.332 e. The van der Waals surface area contributed by atoms with Gasteiger partial charge in [-0.1, -0.05) is 6.42 Å². The normalized spacial score (nSPS) is 21.9. The minimum Gasteiger partial charge on any atom is -0.464 e. The third kappa shape index (κ3) is 4.58. The molecule has 1 saturated heterocycles. The highest BCUT2D eigenvalue weighted by molar-refractivity contribution is 5.70. The average molecular weight is 201 g/mol. The molecular formula is C10H19NO3. The van der Waals surface area contributed by atoms with Gasteiger partial charge in [0.1, 0.15) is 6.61 Å². The highest BCUT2D eigenvalue weighted by atomic mass is 16.6. The molecule has 14 heavy (non-hydrogen) atoms. The molecule has 0 aromatic heterocycles. The average Bonchev–Trinajstić information content (AvgIpc) is 2.20. The SMILES string of the molecule is COCC(=O)OCCC1CCCCN1. The van der Waals surface area contributed by atoms with Crippen LogP contribution in [0.3, 0.4) is 0 Å². The highest BCUT2D eigenvalue weighted by Gasteiger charge is 2.12. The molecule has 4 nitrogen and oxygen atoms in total. The Morgan fingerprint density at radius 1 is 1.50 bits per heavy atom. The summed E-state index contributed by atoms with van der Waals surface area (Å²) in [6.07, 6.45) is 4.65. The van der Waals surface area contributed by atoms with Gasteiger partial charge in [0.15, 0.2) is 0 Å². The van der Waals surface area contributed by atoms with E-state index in [2.05, 4.69) is 10.1 Å². The van der Waals surface area contributed by atoms with Crippen molar-refractivity contribution in [3.63, 3.8) is 0 Å². The van der Waals surface area contributed by atoms with Gasteiger partial charge in [0.05, 0.1) is 6.61 Å². The van der Waals surface area contributed by atoms with Crippen LogP contribution in [0.25, 0.3) is 0 Å². The summed E-state index contributed by atoms with van der Waals surface area (Å²) >= 11 is 0. The van der Waals surface area contributed by atoms with Crippen molar-refractivity contribution in [3.05, 3.63) is 0 Å². The van der Waals surface area contributed by atoms with Gasteiger partial charge in [-0.3, -0.25) is 0 Å². The lowest BCUT2D eigenvalue weighted by atomic mass is 10.0. The van der Waals surface area contributed by atoms with Crippen LogP contribution >= 0.6 is 0 Å². The minimum atomic E-state index is -0.275. The molecule has 0 saturated carbocycles. The molecule has 0 aromatic carbocycles. The van der Waals surface area contributed by atoms with Gasteiger partial charge in [-0.15, -0.1) is 0 Å². The number of ether oxygens (including phenoxy) is 2. The second-order valence-corrected chi connectivity index (χ2v) is 3.59. The summed E-state index contributed by atoms with van der Waals surface area (Å²) in [6, 6.07) is 0.527. The predicted molar refractivity (Wildman–Crippen MR) is 53.1 cm³/mol. The Bertz CT molecular complexity index is 167. The van der Waals surface area contributed by atoms with Crippen LogP contribution in [-0.2, 0) is 14.3 Å². The van der Waals surface area contributed by atoms with Crippen LogP contribution in [0.4, 0.5) is 0 Å². The zero-order valence-electron chi connectivity index (χ0n) is 8.75. The molecule has 0 aliphatic carbocycles. The number of carbonyl (C=O) groups is 1. The van der Waals surface area contributed by atoms with Crippen LogP contribution in [0.5, 0.6) is 0 Å². The van der Waals surface area contributed by atoms with E-state index in [1.807, 2.05) is 0 Å². The molecule has 1 aliphatic rings. The third-order valence-electron chi connectivity index (χ3n) is 2.40. The standard InChI is InChI=1S/C10H19NO3/c1-13-8-10(12)14-7-5-9-4-2-3-6-11-9/h9,11H,2-8H2,1H3. The van der Waals surface area contributed by atoms with Crippen LogP contribution in [-0.4, -0.2) is 38.9 Å². The molecule has 82 valence electrons. The zero-order chi connectivity index (χ0) is 10.2. The number of esters is 1. The number of methoxy groups -OCH3 is 1. The van der Waals surface area contributed by atoms with Crippen molar-refractivity contribution in [3.8, 4) is 0 Å². The predicted octanol–water partition coefficient (Wildman–Crippen LogP) is 0.708. The second kappa shape index (κ2) is 6.79. The van der Waals surface area contributed by atoms with Crippen molar-refractivity contribution in [2.24, 2.45) is 0 Å². The molecule has 1 rings (SSSR count). The summed E-state index contributed by atoms with van der Waals surface area (Å²) in [4.78, 5) is 10.9. The monoisotopic (exact) mass is 201 g/mol. The Hall–Kier alpha value is -0.610. The molecule has 0 bridgehead atoms. The lowest BCUT2D eigenvalue weighted by Gasteiger charge is -2.22. The Balaban J connectivity index is 1.99. The summed E-state index contributed by atoms with van der Waals surface area (Å²) in [5.74, 6) is -0.275. The van der Waals surface area contributed by atoms with E-state index in [0.717, 1.165) is 13.0 Å². The maximum absolute atomic E-state index is 10.9. The fraction of sp³-hybridized carbons (Fsp3) is 0.900. The zero-order valence-corrected chi connectivity index (χ0v) is 8.75. The van der Waals surface area contributed by atoms with Crippen LogP contribution in [0.1, 0.15) is 25.7 Å². The van der Waals surface area contributed by atoms with E-state index in [0.29, 0.717) is 12.6 Å². The maximum atomic E-state index is 10.9. The number of hydrogen-bond acceptors (Lipinski definition) is 4. The van der Waals surface area contributed by atoms with Gasteiger partial charge < -0.3 is 14.8 Å². The van der Waals surface area contributed by atoms with E-state index < -0.39 is 0 Å². The van der Waals surface area contributed by atoms with Gasteiger partial charge in [0.25, 0.3) is 0 Å². The van der Waals surface area contributed by atoms with E-state index >= 15 is 0 Å². The molecule has 0 radical (unpaired) electrons. The first kappa shape index (κ1) is 11.5. The van der Waals surface area contributed by atoms with E-state index in [-0.39, 0.29) is 12.6 Å². The molecule has 0 aromatic rings. The minimum absolute atomic E-state index is 0.0537. The van der Waals surface area contributed by atoms with Gasteiger partial charge in [-0.05, 0) is 25.8 Å². The summed E-state index contributed by atoms with van der Waals surface area (Å²) < 4.78 is 9.64. The van der Waals surface area contributed by atoms with Crippen LogP contribution in [0.15, 0.2) is 0 Å². The van der Waals surface area contributed by atoms with Crippen molar-refractivity contribution >= 4 is 5.97 Å². The van der Waals surface area contributed by atoms with Crippen LogP contribution < -0.4 is 5.32 Å². The Kier molecular flexibility index (Phi) is 5.56. The van der Waals surface area contributed by atoms with Gasteiger partial charge in [0.2, 0.25) is 0 Å². The summed E-state index contributed by atoms with van der Waals surface area (Å²) in [7, 11) is 1.49. The molecule has 1 heterocycles. The van der Waals surface area contributed by atoms with Gasteiger partial charge in [-0.2, -0.15) is 0 Å². The van der Waals surface area contributed by atoms with Gasteiger partial charge in [-0.25, -0.2) is 4.79 Å². The lowest BCUT2D eigenvalue weighted by molar-refractivity contribution is -0.148. The molecule has 0 amide bonds. The molecule has 1 fully saturated rings. The number of hydrogen-bond donors (Lipinski definition) is 1. The topological polar surface area (TPSA) is 47.6 Å².